The fraction of sp³-hybridized carbons (Fsp3) is 0.333. The molecule has 0 spiro atoms. The van der Waals surface area contributed by atoms with Crippen molar-refractivity contribution < 1.29 is 4.79 Å². The van der Waals surface area contributed by atoms with Gasteiger partial charge in [0.1, 0.15) is 12.4 Å². The molecule has 2 N–H and O–H groups in total. The van der Waals surface area contributed by atoms with Gasteiger partial charge < -0.3 is 15.2 Å². The quantitative estimate of drug-likeness (QED) is 0.752. The number of carbonyl (C=O) groups excluding carboxylic acids is 1. The van der Waals surface area contributed by atoms with Gasteiger partial charge in [0, 0.05) is 31.5 Å². The monoisotopic (exact) mass is 384 g/mol. The van der Waals surface area contributed by atoms with Crippen molar-refractivity contribution in [1.82, 2.24) is 14.5 Å². The minimum atomic E-state index is -0.0217. The van der Waals surface area contributed by atoms with E-state index in [0.29, 0.717) is 19.6 Å². The number of carbonyl (C=O) groups is 1. The summed E-state index contributed by atoms with van der Waals surface area (Å²) < 4.78 is 2.04. The van der Waals surface area contributed by atoms with Crippen molar-refractivity contribution in [1.29, 1.82) is 0 Å². The molecule has 2 heterocycles. The highest BCUT2D eigenvalue weighted by Gasteiger charge is 2.34. The van der Waals surface area contributed by atoms with Crippen LogP contribution in [0.4, 0.5) is 0 Å². The summed E-state index contributed by atoms with van der Waals surface area (Å²) in [5, 5.41) is 0. The molecule has 0 radical (unpaired) electrons. The van der Waals surface area contributed by atoms with Crippen molar-refractivity contribution in [3.63, 3.8) is 0 Å². The maximum absolute atomic E-state index is 13.0. The van der Waals surface area contributed by atoms with Crippen LogP contribution < -0.4 is 5.73 Å². The second-order valence-corrected chi connectivity index (χ2v) is 6.94. The van der Waals surface area contributed by atoms with Crippen LogP contribution in [0.5, 0.6) is 0 Å². The number of nitrogens with zero attached hydrogens (tertiary/aromatic N) is 3. The molecule has 27 heavy (non-hydrogen) atoms. The largest absolute Gasteiger partial charge is 0.339 e. The molecular formula is C21H25ClN4O. The van der Waals surface area contributed by atoms with E-state index in [1.165, 1.54) is 5.56 Å². The number of aromatic nitrogens is 2. The van der Waals surface area contributed by atoms with Gasteiger partial charge >= 0.3 is 0 Å². The Kier molecular flexibility index (Phi) is 5.82. The number of fused-ring (bicyclic) bond motifs is 1. The van der Waals surface area contributed by atoms with Crippen LogP contribution in [0, 0.1) is 0 Å². The molecule has 4 rings (SSSR count). The molecule has 5 nitrogen and oxygen atoms in total. The van der Waals surface area contributed by atoms with Gasteiger partial charge in [-0.2, -0.15) is 0 Å². The zero-order valence-corrected chi connectivity index (χ0v) is 16.2. The first-order valence-electron chi connectivity index (χ1n) is 9.19. The Morgan fingerprint density at radius 1 is 1.11 bits per heavy atom. The minimum Gasteiger partial charge on any atom is -0.339 e. The number of amides is 1. The third-order valence-electron chi connectivity index (χ3n) is 5.29. The molecule has 1 amide bonds. The number of rotatable bonds is 4. The Morgan fingerprint density at radius 3 is 2.56 bits per heavy atom. The Morgan fingerprint density at radius 2 is 1.81 bits per heavy atom. The lowest BCUT2D eigenvalue weighted by Crippen LogP contribution is -2.34. The number of imidazole rings is 1. The summed E-state index contributed by atoms with van der Waals surface area (Å²) >= 11 is 0. The number of aryl methyl sites for hydroxylation is 1. The van der Waals surface area contributed by atoms with E-state index >= 15 is 0 Å². The Labute approximate surface area is 165 Å². The number of hydrogen-bond acceptors (Lipinski definition) is 3. The lowest BCUT2D eigenvalue weighted by molar-refractivity contribution is -0.130. The summed E-state index contributed by atoms with van der Waals surface area (Å²) in [6, 6.07) is 18.2. The summed E-state index contributed by atoms with van der Waals surface area (Å²) in [7, 11) is 0. The highest BCUT2D eigenvalue weighted by molar-refractivity contribution is 5.85. The van der Waals surface area contributed by atoms with Gasteiger partial charge in [-0.25, -0.2) is 4.98 Å². The maximum atomic E-state index is 13.0. The van der Waals surface area contributed by atoms with E-state index in [9.17, 15) is 4.79 Å². The predicted octanol–water partition coefficient (Wildman–Crippen LogP) is 2.97. The topological polar surface area (TPSA) is 64.2 Å². The highest BCUT2D eigenvalue weighted by atomic mass is 35.5. The van der Waals surface area contributed by atoms with E-state index in [1.54, 1.807) is 0 Å². The first-order valence-corrected chi connectivity index (χ1v) is 9.19. The van der Waals surface area contributed by atoms with E-state index in [2.05, 4.69) is 24.0 Å². The number of likely N-dealkylation sites (tertiary alicyclic amines) is 1. The van der Waals surface area contributed by atoms with Gasteiger partial charge in [0.25, 0.3) is 0 Å². The average Bonchev–Trinajstić information content (AvgIpc) is 3.23. The van der Waals surface area contributed by atoms with Gasteiger partial charge in [0.2, 0.25) is 5.91 Å². The zero-order valence-electron chi connectivity index (χ0n) is 15.4. The summed E-state index contributed by atoms with van der Waals surface area (Å²) in [4.78, 5) is 19.5. The van der Waals surface area contributed by atoms with Crippen LogP contribution in [0.2, 0.25) is 0 Å². The smallest absolute Gasteiger partial charge is 0.242 e. The molecule has 0 aliphatic carbocycles. The molecule has 0 unspecified atom stereocenters. The van der Waals surface area contributed by atoms with Crippen LogP contribution in [0.15, 0.2) is 54.6 Å². The van der Waals surface area contributed by atoms with E-state index in [4.69, 9.17) is 5.73 Å². The van der Waals surface area contributed by atoms with Crippen molar-refractivity contribution in [3.8, 4) is 0 Å². The molecule has 142 valence electrons. The normalized spacial score (nSPS) is 19.3. The van der Waals surface area contributed by atoms with Gasteiger partial charge in [0.15, 0.2) is 0 Å². The number of para-hydroxylation sites is 2. The molecule has 2 aromatic carbocycles. The zero-order chi connectivity index (χ0) is 18.1. The van der Waals surface area contributed by atoms with E-state index in [-0.39, 0.29) is 30.3 Å². The Hall–Kier alpha value is -2.37. The third kappa shape index (κ3) is 3.70. The first kappa shape index (κ1) is 19.4. The number of hydrogen-bond donors (Lipinski definition) is 1. The molecule has 1 saturated heterocycles. The number of nitrogens with two attached hydrogens (primary N) is 1. The van der Waals surface area contributed by atoms with Crippen LogP contribution >= 0.6 is 12.4 Å². The molecule has 3 aromatic rings. The first-order chi connectivity index (χ1) is 12.7. The highest BCUT2D eigenvalue weighted by Crippen LogP contribution is 2.27. The molecule has 1 aliphatic rings. The summed E-state index contributed by atoms with van der Waals surface area (Å²) in [6.07, 6.45) is 0.800. The van der Waals surface area contributed by atoms with Gasteiger partial charge in [-0.15, -0.1) is 12.4 Å². The predicted molar refractivity (Wildman–Crippen MR) is 110 cm³/mol. The van der Waals surface area contributed by atoms with E-state index < -0.39 is 0 Å². The Balaban J connectivity index is 0.00000210. The summed E-state index contributed by atoms with van der Waals surface area (Å²) in [5.74, 6) is 1.25. The minimum absolute atomic E-state index is 0. The summed E-state index contributed by atoms with van der Waals surface area (Å²) in [6.45, 7) is 3.67. The van der Waals surface area contributed by atoms with Crippen LogP contribution in [-0.4, -0.2) is 39.5 Å². The molecular weight excluding hydrogens is 360 g/mol. The van der Waals surface area contributed by atoms with Gasteiger partial charge in [-0.1, -0.05) is 49.4 Å². The molecule has 1 aliphatic heterocycles. The van der Waals surface area contributed by atoms with E-state index in [0.717, 1.165) is 23.3 Å². The van der Waals surface area contributed by atoms with Crippen LogP contribution in [-0.2, 0) is 17.8 Å². The van der Waals surface area contributed by atoms with E-state index in [1.807, 2.05) is 51.9 Å². The molecule has 0 bridgehead atoms. The molecule has 6 heteroatoms. The lowest BCUT2D eigenvalue weighted by Gasteiger charge is -2.18. The molecule has 0 saturated carbocycles. The lowest BCUT2D eigenvalue weighted by atomic mass is 9.95. The second kappa shape index (κ2) is 8.11. The average molecular weight is 385 g/mol. The van der Waals surface area contributed by atoms with Gasteiger partial charge in [0.05, 0.1) is 11.0 Å². The van der Waals surface area contributed by atoms with Crippen molar-refractivity contribution in [3.05, 3.63) is 66.0 Å². The third-order valence-corrected chi connectivity index (χ3v) is 5.29. The number of benzene rings is 2. The molecule has 1 aromatic heterocycles. The van der Waals surface area contributed by atoms with Gasteiger partial charge in [-0.05, 0) is 17.7 Å². The van der Waals surface area contributed by atoms with Crippen molar-refractivity contribution in [2.45, 2.75) is 31.8 Å². The number of halogens is 1. The fourth-order valence-corrected chi connectivity index (χ4v) is 3.89. The van der Waals surface area contributed by atoms with Crippen LogP contribution in [0.25, 0.3) is 11.0 Å². The molecule has 1 fully saturated rings. The van der Waals surface area contributed by atoms with Crippen LogP contribution in [0.1, 0.15) is 24.2 Å². The SMILES string of the molecule is CCc1nc2ccccc2n1CC(=O)N1C[C@@H](N)[C@H](c2ccccc2)C1.Cl. The van der Waals surface area contributed by atoms with Crippen LogP contribution in [0.3, 0.4) is 0 Å². The van der Waals surface area contributed by atoms with Crippen molar-refractivity contribution in [2.24, 2.45) is 5.73 Å². The van der Waals surface area contributed by atoms with Crippen molar-refractivity contribution in [2.75, 3.05) is 13.1 Å². The standard InChI is InChI=1S/C21H24N4O.ClH/c1-2-20-23-18-10-6-7-11-19(18)25(20)14-21(26)24-12-16(17(22)13-24)15-8-4-3-5-9-15;/h3-11,16-17H,2,12-14,22H2,1H3;1H/t16-,17+;/m0./s1. The summed E-state index contributed by atoms with van der Waals surface area (Å²) in [5.41, 5.74) is 9.51. The maximum Gasteiger partial charge on any atom is 0.242 e. The van der Waals surface area contributed by atoms with Crippen molar-refractivity contribution >= 4 is 29.3 Å². The molecule has 2 atom stereocenters. The Bertz CT molecular complexity index is 924. The second-order valence-electron chi connectivity index (χ2n) is 6.94. The fourth-order valence-electron chi connectivity index (χ4n) is 3.89. The van der Waals surface area contributed by atoms with Gasteiger partial charge in [-0.3, -0.25) is 4.79 Å².